The molecule has 28 heavy (non-hydrogen) atoms. The molecule has 0 saturated heterocycles. The largest absolute Gasteiger partial charge is 0.368 e. The summed E-state index contributed by atoms with van der Waals surface area (Å²) in [6.07, 6.45) is 8.15. The van der Waals surface area contributed by atoms with Crippen LogP contribution in [0, 0.1) is 23.3 Å². The van der Waals surface area contributed by atoms with E-state index in [9.17, 15) is 5.26 Å². The van der Waals surface area contributed by atoms with Crippen molar-refractivity contribution >= 4 is 35.3 Å². The van der Waals surface area contributed by atoms with Crippen LogP contribution in [0.5, 0.6) is 0 Å². The third-order valence-corrected chi connectivity index (χ3v) is 7.36. The van der Waals surface area contributed by atoms with Crippen LogP contribution in [0.3, 0.4) is 0 Å². The second-order valence-electron chi connectivity index (χ2n) is 8.22. The first-order chi connectivity index (χ1) is 13.5. The highest BCUT2D eigenvalue weighted by Gasteiger charge is 2.27. The van der Waals surface area contributed by atoms with Crippen molar-refractivity contribution < 1.29 is 0 Å². The van der Waals surface area contributed by atoms with Crippen molar-refractivity contribution in [2.24, 2.45) is 5.41 Å². The molecule has 2 aliphatic heterocycles. The second-order valence-corrected chi connectivity index (χ2v) is 10.5. The van der Waals surface area contributed by atoms with E-state index >= 15 is 0 Å². The van der Waals surface area contributed by atoms with Crippen LogP contribution < -0.4 is 4.90 Å². The standard InChI is InChI=1S/C23H23N3S2/c1-23(2)13-17(10-18(14-23)19(15-24)25-3)5-4-16-11-20-22-21(12-16)28-9-7-26(22)6-8-27-20/h4-5,10-12H,6-9,13-14H2,1-2H3. The van der Waals surface area contributed by atoms with Gasteiger partial charge < -0.3 is 4.90 Å². The van der Waals surface area contributed by atoms with Crippen LogP contribution in [0.25, 0.3) is 10.9 Å². The number of nitrogens with zero attached hydrogens (tertiary/aromatic N) is 3. The SMILES string of the molecule is [C-]#[N+]C(C#N)=C1C=C(C=Cc2cc3c4c(c2)SCCN4CCS3)CC(C)(C)C1. The minimum Gasteiger partial charge on any atom is -0.368 e. The molecule has 1 aromatic carbocycles. The smallest absolute Gasteiger partial charge is 0.265 e. The molecular weight excluding hydrogens is 382 g/mol. The lowest BCUT2D eigenvalue weighted by Crippen LogP contribution is -2.34. The Labute approximate surface area is 176 Å². The van der Waals surface area contributed by atoms with Gasteiger partial charge in [0.15, 0.2) is 0 Å². The summed E-state index contributed by atoms with van der Waals surface area (Å²) < 4.78 is 0. The average Bonchev–Trinajstić information content (AvgIpc) is 2.67. The molecule has 0 spiro atoms. The van der Waals surface area contributed by atoms with Gasteiger partial charge in [-0.2, -0.15) is 0 Å². The summed E-state index contributed by atoms with van der Waals surface area (Å²) in [7, 11) is 0. The van der Waals surface area contributed by atoms with Crippen LogP contribution in [0.2, 0.25) is 0 Å². The molecule has 0 amide bonds. The molecule has 1 aliphatic carbocycles. The molecule has 0 radical (unpaired) electrons. The fraction of sp³-hybridized carbons (Fsp3) is 0.391. The fourth-order valence-corrected chi connectivity index (χ4v) is 6.50. The van der Waals surface area contributed by atoms with E-state index in [0.29, 0.717) is 0 Å². The maximum atomic E-state index is 9.26. The molecule has 3 nitrogen and oxygen atoms in total. The topological polar surface area (TPSA) is 31.4 Å². The molecule has 0 saturated carbocycles. The third-order valence-electron chi connectivity index (χ3n) is 5.34. The van der Waals surface area contributed by atoms with Crippen molar-refractivity contribution in [1.82, 2.24) is 0 Å². The average molecular weight is 406 g/mol. The molecule has 142 valence electrons. The Bertz CT molecular complexity index is 939. The lowest BCUT2D eigenvalue weighted by atomic mass is 9.74. The highest BCUT2D eigenvalue weighted by molar-refractivity contribution is 8.00. The van der Waals surface area contributed by atoms with E-state index in [1.165, 1.54) is 26.6 Å². The summed E-state index contributed by atoms with van der Waals surface area (Å²) in [5.41, 5.74) is 5.02. The van der Waals surface area contributed by atoms with E-state index < -0.39 is 0 Å². The number of benzene rings is 1. The summed E-state index contributed by atoms with van der Waals surface area (Å²) in [6, 6.07) is 6.68. The van der Waals surface area contributed by atoms with E-state index in [1.54, 1.807) is 0 Å². The molecule has 0 atom stereocenters. The van der Waals surface area contributed by atoms with Crippen molar-refractivity contribution in [3.63, 3.8) is 0 Å². The van der Waals surface area contributed by atoms with E-state index in [1.807, 2.05) is 29.6 Å². The van der Waals surface area contributed by atoms with Crippen LogP contribution in [0.1, 0.15) is 32.3 Å². The number of thioether (sulfide) groups is 2. The zero-order valence-corrected chi connectivity index (χ0v) is 17.9. The minimum atomic E-state index is 0.0601. The van der Waals surface area contributed by atoms with E-state index in [2.05, 4.69) is 53.9 Å². The summed E-state index contributed by atoms with van der Waals surface area (Å²) in [4.78, 5) is 8.75. The van der Waals surface area contributed by atoms with Crippen LogP contribution >= 0.6 is 23.5 Å². The lowest BCUT2D eigenvalue weighted by molar-refractivity contribution is 0.354. The molecule has 2 heterocycles. The zero-order valence-electron chi connectivity index (χ0n) is 16.3. The van der Waals surface area contributed by atoms with Gasteiger partial charge in [0.05, 0.1) is 18.3 Å². The van der Waals surface area contributed by atoms with Crippen molar-refractivity contribution in [3.8, 4) is 6.07 Å². The Kier molecular flexibility index (Phi) is 5.32. The van der Waals surface area contributed by atoms with Crippen LogP contribution in [-0.4, -0.2) is 24.6 Å². The predicted molar refractivity (Wildman–Crippen MR) is 119 cm³/mol. The van der Waals surface area contributed by atoms with Crippen molar-refractivity contribution in [1.29, 1.82) is 5.26 Å². The molecule has 0 N–H and O–H groups in total. The van der Waals surface area contributed by atoms with Gasteiger partial charge in [0.1, 0.15) is 0 Å². The monoisotopic (exact) mass is 405 g/mol. The van der Waals surface area contributed by atoms with Gasteiger partial charge in [-0.05, 0) is 47.1 Å². The van der Waals surface area contributed by atoms with Gasteiger partial charge >= 0.3 is 0 Å². The third kappa shape index (κ3) is 3.88. The maximum absolute atomic E-state index is 9.26. The molecule has 5 heteroatoms. The number of allylic oxidation sites excluding steroid dienone is 5. The number of rotatable bonds is 2. The van der Waals surface area contributed by atoms with Crippen molar-refractivity contribution in [2.75, 3.05) is 29.5 Å². The number of hydrogen-bond donors (Lipinski definition) is 0. The Morgan fingerprint density at radius 2 is 1.86 bits per heavy atom. The number of anilines is 1. The predicted octanol–water partition coefficient (Wildman–Crippen LogP) is 6.16. The zero-order chi connectivity index (χ0) is 19.7. The quantitative estimate of drug-likeness (QED) is 0.435. The van der Waals surface area contributed by atoms with Crippen LogP contribution in [-0.2, 0) is 0 Å². The second kappa shape index (κ2) is 7.74. The Morgan fingerprint density at radius 1 is 1.18 bits per heavy atom. The van der Waals surface area contributed by atoms with Gasteiger partial charge in [-0.3, -0.25) is 0 Å². The molecule has 3 aliphatic rings. The molecule has 4 rings (SSSR count). The van der Waals surface area contributed by atoms with Gasteiger partial charge in [0.25, 0.3) is 5.70 Å². The molecular formula is C23H23N3S2. The fourth-order valence-electron chi connectivity index (χ4n) is 4.19. The van der Waals surface area contributed by atoms with Gasteiger partial charge in [-0.25, -0.2) is 10.1 Å². The first kappa shape index (κ1) is 19.2. The Balaban J connectivity index is 1.67. The molecule has 0 fully saturated rings. The first-order valence-electron chi connectivity index (χ1n) is 9.57. The molecule has 0 unspecified atom stereocenters. The number of nitriles is 1. The van der Waals surface area contributed by atoms with E-state index in [4.69, 9.17) is 6.57 Å². The summed E-state index contributed by atoms with van der Waals surface area (Å²) in [5, 5.41) is 9.26. The Hall–Kier alpha value is -2.08. The Morgan fingerprint density at radius 3 is 2.46 bits per heavy atom. The minimum absolute atomic E-state index is 0.0601. The summed E-state index contributed by atoms with van der Waals surface area (Å²) in [5.74, 6) is 2.32. The van der Waals surface area contributed by atoms with Crippen LogP contribution in [0.4, 0.5) is 5.69 Å². The lowest BCUT2D eigenvalue weighted by Gasteiger charge is -2.36. The van der Waals surface area contributed by atoms with E-state index in [0.717, 1.165) is 43.0 Å². The van der Waals surface area contributed by atoms with Crippen LogP contribution in [0.15, 0.2) is 50.9 Å². The first-order valence-corrected chi connectivity index (χ1v) is 11.5. The van der Waals surface area contributed by atoms with E-state index in [-0.39, 0.29) is 11.1 Å². The van der Waals surface area contributed by atoms with Gasteiger partial charge in [-0.15, -0.1) is 23.5 Å². The highest BCUT2D eigenvalue weighted by Crippen LogP contribution is 2.45. The maximum Gasteiger partial charge on any atom is 0.265 e. The van der Waals surface area contributed by atoms with Crippen molar-refractivity contribution in [2.45, 2.75) is 36.5 Å². The molecule has 0 aromatic heterocycles. The van der Waals surface area contributed by atoms with Gasteiger partial charge in [-0.1, -0.05) is 32.1 Å². The molecule has 1 aromatic rings. The highest BCUT2D eigenvalue weighted by atomic mass is 32.2. The molecule has 0 bridgehead atoms. The van der Waals surface area contributed by atoms with Crippen molar-refractivity contribution in [3.05, 3.63) is 58.1 Å². The summed E-state index contributed by atoms with van der Waals surface area (Å²) in [6.45, 7) is 14.0. The number of hydrogen-bond acceptors (Lipinski definition) is 4. The van der Waals surface area contributed by atoms with Gasteiger partial charge in [0, 0.05) is 34.4 Å². The summed E-state index contributed by atoms with van der Waals surface area (Å²) >= 11 is 3.92. The van der Waals surface area contributed by atoms with Gasteiger partial charge in [0.2, 0.25) is 0 Å². The normalized spacial score (nSPS) is 22.1.